The van der Waals surface area contributed by atoms with E-state index < -0.39 is 12.0 Å². The van der Waals surface area contributed by atoms with Crippen molar-refractivity contribution in [2.24, 2.45) is 0 Å². The normalized spacial score (nSPS) is 11.8. The van der Waals surface area contributed by atoms with Crippen LogP contribution in [0.15, 0.2) is 59.1 Å². The van der Waals surface area contributed by atoms with Crippen LogP contribution in [0.5, 0.6) is 5.75 Å². The topological polar surface area (TPSA) is 84.6 Å². The molecule has 0 aliphatic rings. The average molecular weight is 373 g/mol. The van der Waals surface area contributed by atoms with Gasteiger partial charge in [0.1, 0.15) is 11.4 Å². The van der Waals surface area contributed by atoms with Crippen molar-refractivity contribution in [1.29, 1.82) is 0 Å². The molecule has 0 radical (unpaired) electrons. The maximum absolute atomic E-state index is 12.2. The third-order valence-corrected chi connectivity index (χ3v) is 4.03. The fourth-order valence-corrected chi connectivity index (χ4v) is 2.67. The molecule has 26 heavy (non-hydrogen) atoms. The van der Waals surface area contributed by atoms with E-state index in [2.05, 4.69) is 10.5 Å². The van der Waals surface area contributed by atoms with E-state index in [1.54, 1.807) is 42.5 Å². The maximum atomic E-state index is 12.2. The van der Waals surface area contributed by atoms with Gasteiger partial charge in [0.25, 0.3) is 5.91 Å². The fourth-order valence-electron chi connectivity index (χ4n) is 2.48. The molecule has 1 amide bonds. The third-order valence-electron chi connectivity index (χ3n) is 3.79. The second kappa shape index (κ2) is 8.03. The van der Waals surface area contributed by atoms with Crippen LogP contribution in [0.4, 0.5) is 0 Å². The van der Waals surface area contributed by atoms with Crippen molar-refractivity contribution < 1.29 is 19.2 Å². The van der Waals surface area contributed by atoms with Crippen LogP contribution >= 0.6 is 11.6 Å². The van der Waals surface area contributed by atoms with E-state index in [-0.39, 0.29) is 6.54 Å². The summed E-state index contributed by atoms with van der Waals surface area (Å²) in [5.41, 5.74) is 1.71. The van der Waals surface area contributed by atoms with E-state index in [9.17, 15) is 9.90 Å². The summed E-state index contributed by atoms with van der Waals surface area (Å²) in [4.78, 5) is 12.2. The SMILES string of the molecule is COc1ccccc1C(O)C(=O)NCc1cc(-c2cccc(Cl)c2)on1. The Balaban J connectivity index is 1.65. The van der Waals surface area contributed by atoms with Gasteiger partial charge in [0.15, 0.2) is 11.9 Å². The standard InChI is InChI=1S/C19H17ClN2O4/c1-25-16-8-3-2-7-15(16)18(23)19(24)21-11-14-10-17(26-22-14)12-5-4-6-13(20)9-12/h2-10,18,23H,11H2,1H3,(H,21,24). The molecule has 0 aliphatic carbocycles. The number of amides is 1. The second-order valence-electron chi connectivity index (χ2n) is 5.56. The molecule has 0 fully saturated rings. The van der Waals surface area contributed by atoms with Gasteiger partial charge in [-0.25, -0.2) is 0 Å². The van der Waals surface area contributed by atoms with Gasteiger partial charge in [-0.15, -0.1) is 0 Å². The molecule has 1 aromatic heterocycles. The number of carbonyl (C=O) groups is 1. The van der Waals surface area contributed by atoms with Crippen LogP contribution in [0.1, 0.15) is 17.4 Å². The van der Waals surface area contributed by atoms with Gasteiger partial charge in [-0.05, 0) is 18.2 Å². The van der Waals surface area contributed by atoms with Gasteiger partial charge < -0.3 is 19.7 Å². The zero-order valence-corrected chi connectivity index (χ0v) is 14.7. The number of halogens is 1. The van der Waals surface area contributed by atoms with Gasteiger partial charge in [0.2, 0.25) is 0 Å². The number of carbonyl (C=O) groups excluding carboxylic acids is 1. The highest BCUT2D eigenvalue weighted by Gasteiger charge is 2.21. The molecule has 0 spiro atoms. The molecular formula is C19H17ClN2O4. The molecule has 3 rings (SSSR count). The Labute approximate surface area is 155 Å². The predicted octanol–water partition coefficient (Wildman–Crippen LogP) is 3.35. The van der Waals surface area contributed by atoms with Crippen LogP contribution in [0, 0.1) is 0 Å². The highest BCUT2D eigenvalue weighted by Crippen LogP contribution is 2.25. The number of nitrogens with one attached hydrogen (secondary N) is 1. The molecule has 2 aromatic carbocycles. The van der Waals surface area contributed by atoms with Gasteiger partial charge in [-0.3, -0.25) is 4.79 Å². The van der Waals surface area contributed by atoms with Gasteiger partial charge in [0, 0.05) is 22.2 Å². The first kappa shape index (κ1) is 18.0. The van der Waals surface area contributed by atoms with E-state index in [4.69, 9.17) is 20.9 Å². The number of hydrogen-bond donors (Lipinski definition) is 2. The molecule has 1 heterocycles. The molecule has 0 aliphatic heterocycles. The molecule has 1 unspecified atom stereocenters. The van der Waals surface area contributed by atoms with Crippen LogP contribution in [0.2, 0.25) is 5.02 Å². The lowest BCUT2D eigenvalue weighted by Gasteiger charge is -2.14. The van der Waals surface area contributed by atoms with Crippen LogP contribution in [-0.4, -0.2) is 23.3 Å². The monoisotopic (exact) mass is 372 g/mol. The summed E-state index contributed by atoms with van der Waals surface area (Å²) >= 11 is 5.96. The highest BCUT2D eigenvalue weighted by atomic mass is 35.5. The Morgan fingerprint density at radius 2 is 2.08 bits per heavy atom. The van der Waals surface area contributed by atoms with E-state index in [1.165, 1.54) is 7.11 Å². The second-order valence-corrected chi connectivity index (χ2v) is 5.99. The number of hydrogen-bond acceptors (Lipinski definition) is 5. The van der Waals surface area contributed by atoms with E-state index in [0.717, 1.165) is 5.56 Å². The minimum Gasteiger partial charge on any atom is -0.496 e. The highest BCUT2D eigenvalue weighted by molar-refractivity contribution is 6.30. The number of aromatic nitrogens is 1. The molecule has 6 nitrogen and oxygen atoms in total. The number of aliphatic hydroxyl groups excluding tert-OH is 1. The number of aliphatic hydroxyl groups is 1. The van der Waals surface area contributed by atoms with Crippen molar-refractivity contribution in [3.8, 4) is 17.1 Å². The van der Waals surface area contributed by atoms with Crippen LogP contribution in [0.3, 0.4) is 0 Å². The minimum absolute atomic E-state index is 0.120. The summed E-state index contributed by atoms with van der Waals surface area (Å²) in [6.07, 6.45) is -1.34. The fraction of sp³-hybridized carbons (Fsp3) is 0.158. The molecule has 3 aromatic rings. The average Bonchev–Trinajstić information content (AvgIpc) is 3.14. The van der Waals surface area contributed by atoms with Crippen molar-refractivity contribution in [2.45, 2.75) is 12.6 Å². The number of methoxy groups -OCH3 is 1. The van der Waals surface area contributed by atoms with Crippen LogP contribution in [-0.2, 0) is 11.3 Å². The van der Waals surface area contributed by atoms with E-state index in [1.807, 2.05) is 12.1 Å². The Kier molecular flexibility index (Phi) is 5.55. The van der Waals surface area contributed by atoms with Gasteiger partial charge in [0.05, 0.1) is 13.7 Å². The summed E-state index contributed by atoms with van der Waals surface area (Å²) < 4.78 is 10.4. The first-order valence-corrected chi connectivity index (χ1v) is 8.26. The molecule has 0 saturated heterocycles. The smallest absolute Gasteiger partial charge is 0.253 e. The Hall–Kier alpha value is -2.83. The van der Waals surface area contributed by atoms with Gasteiger partial charge >= 0.3 is 0 Å². The number of ether oxygens (including phenoxy) is 1. The Morgan fingerprint density at radius 3 is 2.85 bits per heavy atom. The molecular weight excluding hydrogens is 356 g/mol. The summed E-state index contributed by atoms with van der Waals surface area (Å²) in [6, 6.07) is 15.7. The lowest BCUT2D eigenvalue weighted by Crippen LogP contribution is -2.29. The first-order valence-electron chi connectivity index (χ1n) is 7.88. The molecule has 1 atom stereocenters. The van der Waals surface area contributed by atoms with E-state index >= 15 is 0 Å². The summed E-state index contributed by atoms with van der Waals surface area (Å²) in [7, 11) is 1.48. The van der Waals surface area contributed by atoms with E-state index in [0.29, 0.717) is 27.8 Å². The number of nitrogens with zero attached hydrogens (tertiary/aromatic N) is 1. The molecule has 7 heteroatoms. The van der Waals surface area contributed by atoms with Crippen molar-refractivity contribution >= 4 is 17.5 Å². The Bertz CT molecular complexity index is 910. The summed E-state index contributed by atoms with van der Waals surface area (Å²) in [6.45, 7) is 0.120. The summed E-state index contributed by atoms with van der Waals surface area (Å²) in [5, 5.41) is 17.4. The maximum Gasteiger partial charge on any atom is 0.253 e. The number of benzene rings is 2. The van der Waals surface area contributed by atoms with Crippen molar-refractivity contribution in [1.82, 2.24) is 10.5 Å². The molecule has 0 saturated carbocycles. The molecule has 0 bridgehead atoms. The van der Waals surface area contributed by atoms with Crippen molar-refractivity contribution in [2.75, 3.05) is 7.11 Å². The van der Waals surface area contributed by atoms with Gasteiger partial charge in [-0.1, -0.05) is 47.1 Å². The zero-order valence-electron chi connectivity index (χ0n) is 14.0. The molecule has 134 valence electrons. The van der Waals surface area contributed by atoms with Gasteiger partial charge in [-0.2, -0.15) is 0 Å². The largest absolute Gasteiger partial charge is 0.496 e. The molecule has 2 N–H and O–H groups in total. The first-order chi connectivity index (χ1) is 12.6. The Morgan fingerprint density at radius 1 is 1.27 bits per heavy atom. The lowest BCUT2D eigenvalue weighted by molar-refractivity contribution is -0.129. The quantitative estimate of drug-likeness (QED) is 0.693. The van der Waals surface area contributed by atoms with Crippen LogP contribution in [0.25, 0.3) is 11.3 Å². The number of rotatable bonds is 6. The minimum atomic E-state index is -1.34. The van der Waals surface area contributed by atoms with Crippen molar-refractivity contribution in [3.63, 3.8) is 0 Å². The third kappa shape index (κ3) is 4.04. The lowest BCUT2D eigenvalue weighted by atomic mass is 10.1. The van der Waals surface area contributed by atoms with Crippen LogP contribution < -0.4 is 10.1 Å². The summed E-state index contributed by atoms with van der Waals surface area (Å²) in [5.74, 6) is 0.434. The van der Waals surface area contributed by atoms with Crippen molar-refractivity contribution in [3.05, 3.63) is 70.9 Å². The predicted molar refractivity (Wildman–Crippen MR) is 96.7 cm³/mol. The zero-order chi connectivity index (χ0) is 18.5. The number of para-hydroxylation sites is 1.